The molecule has 0 saturated heterocycles. The molecule has 0 aliphatic rings. The summed E-state index contributed by atoms with van der Waals surface area (Å²) in [6.07, 6.45) is 3.53. The molecule has 0 unspecified atom stereocenters. The van der Waals surface area contributed by atoms with Crippen LogP contribution in [0.15, 0.2) is 42.7 Å². The van der Waals surface area contributed by atoms with Gasteiger partial charge in [-0.1, -0.05) is 29.8 Å². The van der Waals surface area contributed by atoms with Crippen LogP contribution in [0.25, 0.3) is 10.1 Å². The highest BCUT2D eigenvalue weighted by molar-refractivity contribution is 7.19. The van der Waals surface area contributed by atoms with Gasteiger partial charge >= 0.3 is 6.03 Å². The summed E-state index contributed by atoms with van der Waals surface area (Å²) in [4.78, 5) is 17.3. The maximum Gasteiger partial charge on any atom is 0.319 e. The SMILES string of the molecule is Cc1sc2cnccc2c1NC(=O)NCc1ccccc1Cl. The summed E-state index contributed by atoms with van der Waals surface area (Å²) in [5.41, 5.74) is 1.72. The Hall–Kier alpha value is -2.11. The molecule has 0 bridgehead atoms. The van der Waals surface area contributed by atoms with Gasteiger partial charge < -0.3 is 10.6 Å². The number of nitrogens with one attached hydrogen (secondary N) is 2. The second-order valence-corrected chi connectivity index (χ2v) is 6.47. The highest BCUT2D eigenvalue weighted by Crippen LogP contribution is 2.34. The summed E-state index contributed by atoms with van der Waals surface area (Å²) in [7, 11) is 0. The predicted octanol–water partition coefficient (Wildman–Crippen LogP) is 4.58. The number of anilines is 1. The van der Waals surface area contributed by atoms with E-state index in [4.69, 9.17) is 11.6 Å². The molecular formula is C16H14ClN3OS. The zero-order valence-electron chi connectivity index (χ0n) is 11.9. The van der Waals surface area contributed by atoms with Gasteiger partial charge in [-0.05, 0) is 24.6 Å². The summed E-state index contributed by atoms with van der Waals surface area (Å²) in [5, 5.41) is 7.39. The normalized spacial score (nSPS) is 10.6. The molecule has 0 radical (unpaired) electrons. The quantitative estimate of drug-likeness (QED) is 0.738. The van der Waals surface area contributed by atoms with Crippen molar-refractivity contribution in [2.24, 2.45) is 0 Å². The van der Waals surface area contributed by atoms with Crippen molar-refractivity contribution in [2.75, 3.05) is 5.32 Å². The fourth-order valence-corrected chi connectivity index (χ4v) is 3.39. The number of pyridine rings is 1. The molecule has 3 rings (SSSR count). The van der Waals surface area contributed by atoms with Crippen LogP contribution in [-0.4, -0.2) is 11.0 Å². The monoisotopic (exact) mass is 331 g/mol. The fourth-order valence-electron chi connectivity index (χ4n) is 2.20. The molecule has 6 heteroatoms. The van der Waals surface area contributed by atoms with E-state index in [0.29, 0.717) is 11.6 Å². The second-order valence-electron chi connectivity index (χ2n) is 4.80. The number of benzene rings is 1. The van der Waals surface area contributed by atoms with Gasteiger partial charge in [-0.25, -0.2) is 4.79 Å². The van der Waals surface area contributed by atoms with Crippen molar-refractivity contribution >= 4 is 44.7 Å². The number of thiophene rings is 1. The molecular weight excluding hydrogens is 318 g/mol. The Balaban J connectivity index is 1.71. The Kier molecular flexibility index (Phi) is 4.27. The van der Waals surface area contributed by atoms with Crippen LogP contribution in [0.4, 0.5) is 10.5 Å². The first-order valence-corrected chi connectivity index (χ1v) is 7.96. The van der Waals surface area contributed by atoms with Gasteiger partial charge in [0.05, 0.1) is 10.4 Å². The lowest BCUT2D eigenvalue weighted by Gasteiger charge is -2.09. The minimum absolute atomic E-state index is 0.250. The Morgan fingerprint density at radius 3 is 2.95 bits per heavy atom. The predicted molar refractivity (Wildman–Crippen MR) is 91.7 cm³/mol. The molecule has 2 aromatic heterocycles. The molecule has 0 fully saturated rings. The van der Waals surface area contributed by atoms with Crippen molar-refractivity contribution < 1.29 is 4.79 Å². The molecule has 0 atom stereocenters. The Morgan fingerprint density at radius 2 is 2.14 bits per heavy atom. The van der Waals surface area contributed by atoms with Gasteiger partial charge in [0, 0.05) is 34.2 Å². The van der Waals surface area contributed by atoms with E-state index in [2.05, 4.69) is 15.6 Å². The van der Waals surface area contributed by atoms with Gasteiger partial charge in [-0.15, -0.1) is 11.3 Å². The van der Waals surface area contributed by atoms with E-state index >= 15 is 0 Å². The number of hydrogen-bond donors (Lipinski definition) is 2. The smallest absolute Gasteiger partial charge is 0.319 e. The third-order valence-corrected chi connectivity index (χ3v) is 4.73. The van der Waals surface area contributed by atoms with E-state index in [1.807, 2.05) is 31.2 Å². The topological polar surface area (TPSA) is 54.0 Å². The van der Waals surface area contributed by atoms with E-state index in [1.165, 1.54) is 0 Å². The van der Waals surface area contributed by atoms with Crippen LogP contribution in [0.5, 0.6) is 0 Å². The van der Waals surface area contributed by atoms with E-state index in [9.17, 15) is 4.79 Å². The molecule has 4 nitrogen and oxygen atoms in total. The van der Waals surface area contributed by atoms with Crippen LogP contribution < -0.4 is 10.6 Å². The maximum atomic E-state index is 12.1. The number of nitrogens with zero attached hydrogens (tertiary/aromatic N) is 1. The standard InChI is InChI=1S/C16H14ClN3OS/c1-10-15(12-6-7-18-9-14(12)22-10)20-16(21)19-8-11-4-2-3-5-13(11)17/h2-7,9H,8H2,1H3,(H2,19,20,21). The van der Waals surface area contributed by atoms with E-state index < -0.39 is 0 Å². The maximum absolute atomic E-state index is 12.1. The Labute approximate surface area is 137 Å². The van der Waals surface area contributed by atoms with Gasteiger partial charge in [-0.3, -0.25) is 4.98 Å². The molecule has 112 valence electrons. The first-order valence-electron chi connectivity index (χ1n) is 6.76. The molecule has 1 aromatic carbocycles. The number of fused-ring (bicyclic) bond motifs is 1. The summed E-state index contributed by atoms with van der Waals surface area (Å²) in [6.45, 7) is 2.36. The van der Waals surface area contributed by atoms with Crippen LogP contribution in [0.2, 0.25) is 5.02 Å². The third-order valence-electron chi connectivity index (χ3n) is 3.30. The average molecular weight is 332 g/mol. The number of carbonyl (C=O) groups excluding carboxylic acids is 1. The molecule has 22 heavy (non-hydrogen) atoms. The summed E-state index contributed by atoms with van der Waals surface area (Å²) in [5.74, 6) is 0. The molecule has 3 aromatic rings. The van der Waals surface area contributed by atoms with Crippen molar-refractivity contribution in [3.05, 3.63) is 58.2 Å². The zero-order chi connectivity index (χ0) is 15.5. The van der Waals surface area contributed by atoms with Gasteiger partial charge in [0.2, 0.25) is 0 Å². The lowest BCUT2D eigenvalue weighted by atomic mass is 10.2. The van der Waals surface area contributed by atoms with Gasteiger partial charge in [0.1, 0.15) is 0 Å². The first kappa shape index (κ1) is 14.8. The number of aromatic nitrogens is 1. The van der Waals surface area contributed by atoms with Gasteiger partial charge in [-0.2, -0.15) is 0 Å². The van der Waals surface area contributed by atoms with Crippen LogP contribution in [-0.2, 0) is 6.54 Å². The zero-order valence-corrected chi connectivity index (χ0v) is 13.5. The summed E-state index contributed by atoms with van der Waals surface area (Å²) in [6, 6.07) is 9.10. The number of carbonyl (C=O) groups is 1. The van der Waals surface area contributed by atoms with Crippen molar-refractivity contribution in [2.45, 2.75) is 13.5 Å². The number of halogens is 1. The van der Waals surface area contributed by atoms with Crippen molar-refractivity contribution in [3.63, 3.8) is 0 Å². The van der Waals surface area contributed by atoms with Crippen molar-refractivity contribution in [1.82, 2.24) is 10.3 Å². The number of aryl methyl sites for hydroxylation is 1. The van der Waals surface area contributed by atoms with Crippen molar-refractivity contribution in [3.8, 4) is 0 Å². The molecule has 2 amide bonds. The van der Waals surface area contributed by atoms with Crippen LogP contribution in [0.1, 0.15) is 10.4 Å². The second kappa shape index (κ2) is 6.34. The minimum Gasteiger partial charge on any atom is -0.334 e. The first-order chi connectivity index (χ1) is 10.6. The van der Waals surface area contributed by atoms with Gasteiger partial charge in [0.15, 0.2) is 0 Å². The lowest BCUT2D eigenvalue weighted by Crippen LogP contribution is -2.28. The minimum atomic E-state index is -0.250. The van der Waals surface area contributed by atoms with Crippen LogP contribution >= 0.6 is 22.9 Å². The highest BCUT2D eigenvalue weighted by Gasteiger charge is 2.12. The van der Waals surface area contributed by atoms with Crippen LogP contribution in [0, 0.1) is 6.92 Å². The molecule has 0 aliphatic heterocycles. The number of rotatable bonds is 3. The van der Waals surface area contributed by atoms with Crippen LogP contribution in [0.3, 0.4) is 0 Å². The lowest BCUT2D eigenvalue weighted by molar-refractivity contribution is 0.252. The molecule has 0 aliphatic carbocycles. The number of amides is 2. The average Bonchev–Trinajstić information content (AvgIpc) is 2.83. The summed E-state index contributed by atoms with van der Waals surface area (Å²) < 4.78 is 1.06. The van der Waals surface area contributed by atoms with Crippen molar-refractivity contribution in [1.29, 1.82) is 0 Å². The molecule has 0 saturated carbocycles. The number of hydrogen-bond acceptors (Lipinski definition) is 3. The molecule has 2 heterocycles. The van der Waals surface area contributed by atoms with E-state index in [0.717, 1.165) is 26.2 Å². The third kappa shape index (κ3) is 3.05. The number of urea groups is 1. The molecule has 0 spiro atoms. The van der Waals surface area contributed by atoms with E-state index in [1.54, 1.807) is 29.8 Å². The fraction of sp³-hybridized carbons (Fsp3) is 0.125. The Bertz CT molecular complexity index is 831. The highest BCUT2D eigenvalue weighted by atomic mass is 35.5. The largest absolute Gasteiger partial charge is 0.334 e. The molecule has 2 N–H and O–H groups in total. The van der Waals surface area contributed by atoms with Gasteiger partial charge in [0.25, 0.3) is 0 Å². The van der Waals surface area contributed by atoms with E-state index in [-0.39, 0.29) is 6.03 Å². The summed E-state index contributed by atoms with van der Waals surface area (Å²) >= 11 is 7.69. The Morgan fingerprint density at radius 1 is 1.32 bits per heavy atom.